The zero-order chi connectivity index (χ0) is 28.2. The Morgan fingerprint density at radius 1 is 1.15 bits per heavy atom. The monoisotopic (exact) mass is 607 g/mol. The smallest absolute Gasteiger partial charge is 0.481 e. The van der Waals surface area contributed by atoms with Gasteiger partial charge in [-0.2, -0.15) is 0 Å². The molecule has 2 heterocycles. The van der Waals surface area contributed by atoms with E-state index in [9.17, 15) is 27.9 Å². The van der Waals surface area contributed by atoms with Crippen LogP contribution in [-0.2, 0) is 4.79 Å². The van der Waals surface area contributed by atoms with Crippen LogP contribution in [0.5, 0.6) is 5.75 Å². The second-order valence-electron chi connectivity index (χ2n) is 9.57. The van der Waals surface area contributed by atoms with Crippen molar-refractivity contribution >= 4 is 44.5 Å². The number of carbonyl (C=O) groups excluding carboxylic acids is 1. The van der Waals surface area contributed by atoms with Crippen LogP contribution in [0.1, 0.15) is 59.5 Å². The van der Waals surface area contributed by atoms with Crippen molar-refractivity contribution in [3.8, 4) is 5.75 Å². The molecule has 1 amide bonds. The summed E-state index contributed by atoms with van der Waals surface area (Å²) in [7, 11) is 0. The van der Waals surface area contributed by atoms with E-state index >= 15 is 0 Å². The molecule has 1 aliphatic rings. The summed E-state index contributed by atoms with van der Waals surface area (Å²) >= 11 is 3.46. The van der Waals surface area contributed by atoms with Gasteiger partial charge in [-0.05, 0) is 62.4 Å². The average molecular weight is 608 g/mol. The van der Waals surface area contributed by atoms with Crippen LogP contribution < -0.4 is 15.0 Å². The van der Waals surface area contributed by atoms with Crippen molar-refractivity contribution in [1.82, 2.24) is 10.3 Å². The van der Waals surface area contributed by atoms with E-state index in [2.05, 4.69) is 30.9 Å². The van der Waals surface area contributed by atoms with Crippen molar-refractivity contribution < 1.29 is 32.6 Å². The Bertz CT molecular complexity index is 1360. The van der Waals surface area contributed by atoms with Crippen LogP contribution in [0.4, 0.5) is 19.0 Å². The van der Waals surface area contributed by atoms with Crippen LogP contribution in [-0.4, -0.2) is 48.0 Å². The number of ether oxygens (including phenoxy) is 1. The van der Waals surface area contributed by atoms with Gasteiger partial charge >= 0.3 is 12.3 Å². The van der Waals surface area contributed by atoms with E-state index in [-0.39, 0.29) is 24.9 Å². The minimum absolute atomic E-state index is 0.00843. The van der Waals surface area contributed by atoms with E-state index in [0.717, 1.165) is 42.6 Å². The third-order valence-electron chi connectivity index (χ3n) is 6.85. The Kier molecular flexibility index (Phi) is 8.99. The maximum Gasteiger partial charge on any atom is 0.573 e. The second kappa shape index (κ2) is 12.2. The summed E-state index contributed by atoms with van der Waals surface area (Å²) < 4.78 is 44.1. The van der Waals surface area contributed by atoms with Gasteiger partial charge < -0.3 is 20.1 Å². The second-order valence-corrected chi connectivity index (χ2v) is 10.5. The zero-order valence-corrected chi connectivity index (χ0v) is 22.9. The lowest BCUT2D eigenvalue weighted by molar-refractivity contribution is -0.275. The average Bonchev–Trinajstić information content (AvgIpc) is 2.88. The summed E-state index contributed by atoms with van der Waals surface area (Å²) in [6.07, 6.45) is -1.99. The number of piperidine rings is 1. The molecule has 0 radical (unpaired) electrons. The van der Waals surface area contributed by atoms with Gasteiger partial charge in [-0.1, -0.05) is 34.1 Å². The standard InChI is InChI=1S/C28H29BrF3N3O4/c1-17-25(21-15-19(29)10-11-22(21)34-26(17)35-13-5-2-6-14-35)27(38)33-16-18(9-12-24(36)37)20-7-3-4-8-23(20)39-28(30,31)32/h3-4,7-8,10-11,15,18H,2,5-6,9,12-14,16H2,1H3,(H,33,38)(H,36,37)/t18-/m1/s1. The fourth-order valence-electron chi connectivity index (χ4n) is 5.03. The lowest BCUT2D eigenvalue weighted by atomic mass is 9.92. The van der Waals surface area contributed by atoms with Crippen molar-refractivity contribution in [3.05, 3.63) is 63.6 Å². The number of fused-ring (bicyclic) bond motifs is 1. The van der Waals surface area contributed by atoms with E-state index in [4.69, 9.17) is 4.98 Å². The number of aliphatic carboxylic acids is 1. The van der Waals surface area contributed by atoms with Gasteiger partial charge in [-0.25, -0.2) is 4.98 Å². The van der Waals surface area contributed by atoms with Crippen LogP contribution in [0, 0.1) is 6.92 Å². The third kappa shape index (κ3) is 7.20. The largest absolute Gasteiger partial charge is 0.573 e. The number of carboxylic acids is 1. The number of benzene rings is 2. The number of carboxylic acid groups (broad SMARTS) is 1. The number of hydrogen-bond donors (Lipinski definition) is 2. The fraction of sp³-hybridized carbons (Fsp3) is 0.393. The molecule has 4 rings (SSSR count). The Labute approximate surface area is 232 Å². The Morgan fingerprint density at radius 3 is 2.56 bits per heavy atom. The molecule has 208 valence electrons. The summed E-state index contributed by atoms with van der Waals surface area (Å²) in [6, 6.07) is 11.1. The SMILES string of the molecule is Cc1c(N2CCCCC2)nc2ccc(Br)cc2c1C(=O)NC[C@@H](CCC(=O)O)c1ccccc1OC(F)(F)F. The molecule has 0 saturated carbocycles. The summed E-state index contributed by atoms with van der Waals surface area (Å²) in [6.45, 7) is 3.44. The highest BCUT2D eigenvalue weighted by molar-refractivity contribution is 9.10. The predicted octanol–water partition coefficient (Wildman–Crippen LogP) is 6.57. The van der Waals surface area contributed by atoms with Crippen molar-refractivity contribution in [2.24, 2.45) is 0 Å². The number of carbonyl (C=O) groups is 2. The van der Waals surface area contributed by atoms with Crippen LogP contribution >= 0.6 is 15.9 Å². The third-order valence-corrected chi connectivity index (χ3v) is 7.34. The molecule has 2 aromatic carbocycles. The summed E-state index contributed by atoms with van der Waals surface area (Å²) in [5.74, 6) is -1.92. The minimum atomic E-state index is -4.91. The predicted molar refractivity (Wildman–Crippen MR) is 145 cm³/mol. The van der Waals surface area contributed by atoms with Crippen LogP contribution in [0.15, 0.2) is 46.9 Å². The molecule has 0 spiro atoms. The minimum Gasteiger partial charge on any atom is -0.481 e. The number of halogens is 4. The van der Waals surface area contributed by atoms with Gasteiger partial charge in [-0.15, -0.1) is 13.2 Å². The Morgan fingerprint density at radius 2 is 1.87 bits per heavy atom. The number of nitrogens with zero attached hydrogens (tertiary/aromatic N) is 2. The van der Waals surface area contributed by atoms with Gasteiger partial charge in [0, 0.05) is 47.4 Å². The number of anilines is 1. The molecule has 0 unspecified atom stereocenters. The highest BCUT2D eigenvalue weighted by atomic mass is 79.9. The first-order valence-electron chi connectivity index (χ1n) is 12.7. The molecule has 2 N–H and O–H groups in total. The van der Waals surface area contributed by atoms with Gasteiger partial charge in [-0.3, -0.25) is 9.59 Å². The maximum absolute atomic E-state index is 13.7. The first kappa shape index (κ1) is 28.7. The molecule has 1 fully saturated rings. The van der Waals surface area contributed by atoms with E-state index in [1.165, 1.54) is 18.2 Å². The number of hydrogen-bond acceptors (Lipinski definition) is 5. The van der Waals surface area contributed by atoms with E-state index in [1.807, 2.05) is 25.1 Å². The van der Waals surface area contributed by atoms with Crippen molar-refractivity contribution in [2.45, 2.75) is 51.3 Å². The number of nitrogens with one attached hydrogen (secondary N) is 1. The Hall–Kier alpha value is -3.34. The maximum atomic E-state index is 13.7. The molecule has 1 atom stereocenters. The van der Waals surface area contributed by atoms with E-state index < -0.39 is 29.9 Å². The number of alkyl halides is 3. The molecule has 7 nitrogen and oxygen atoms in total. The molecular weight excluding hydrogens is 579 g/mol. The van der Waals surface area contributed by atoms with Crippen molar-refractivity contribution in [3.63, 3.8) is 0 Å². The first-order valence-corrected chi connectivity index (χ1v) is 13.5. The van der Waals surface area contributed by atoms with Gasteiger partial charge in [0.25, 0.3) is 5.91 Å². The lowest BCUT2D eigenvalue weighted by Gasteiger charge is -2.30. The summed E-state index contributed by atoms with van der Waals surface area (Å²) in [5.41, 5.74) is 1.96. The fourth-order valence-corrected chi connectivity index (χ4v) is 5.39. The molecule has 1 saturated heterocycles. The highest BCUT2D eigenvalue weighted by Crippen LogP contribution is 2.35. The molecular formula is C28H29BrF3N3O4. The number of para-hydroxylation sites is 1. The number of aromatic nitrogens is 1. The molecule has 11 heteroatoms. The molecule has 0 bridgehead atoms. The summed E-state index contributed by atoms with van der Waals surface area (Å²) in [4.78, 5) is 32.1. The normalized spacial score (nSPS) is 14.7. The van der Waals surface area contributed by atoms with Crippen LogP contribution in [0.25, 0.3) is 10.9 Å². The van der Waals surface area contributed by atoms with Gasteiger partial charge in [0.1, 0.15) is 11.6 Å². The van der Waals surface area contributed by atoms with Gasteiger partial charge in [0.2, 0.25) is 0 Å². The van der Waals surface area contributed by atoms with E-state index in [0.29, 0.717) is 22.0 Å². The zero-order valence-electron chi connectivity index (χ0n) is 21.4. The number of pyridine rings is 1. The quantitative estimate of drug-likeness (QED) is 0.286. The van der Waals surface area contributed by atoms with Crippen molar-refractivity contribution in [1.29, 1.82) is 0 Å². The van der Waals surface area contributed by atoms with Gasteiger partial charge in [0.05, 0.1) is 11.1 Å². The molecule has 39 heavy (non-hydrogen) atoms. The Balaban J connectivity index is 1.68. The van der Waals surface area contributed by atoms with E-state index in [1.54, 1.807) is 6.07 Å². The molecule has 1 aromatic heterocycles. The topological polar surface area (TPSA) is 91.8 Å². The van der Waals surface area contributed by atoms with Crippen LogP contribution in [0.2, 0.25) is 0 Å². The highest BCUT2D eigenvalue weighted by Gasteiger charge is 2.33. The van der Waals surface area contributed by atoms with Crippen molar-refractivity contribution in [2.75, 3.05) is 24.5 Å². The summed E-state index contributed by atoms with van der Waals surface area (Å²) in [5, 5.41) is 12.7. The van der Waals surface area contributed by atoms with Crippen LogP contribution in [0.3, 0.4) is 0 Å². The molecule has 1 aliphatic heterocycles. The van der Waals surface area contributed by atoms with Gasteiger partial charge in [0.15, 0.2) is 0 Å². The molecule has 0 aliphatic carbocycles. The first-order chi connectivity index (χ1) is 18.5. The number of amides is 1. The number of rotatable bonds is 9. The lowest BCUT2D eigenvalue weighted by Crippen LogP contribution is -2.33. The molecule has 3 aromatic rings.